The van der Waals surface area contributed by atoms with Crippen LogP contribution in [0.25, 0.3) is 5.57 Å². The van der Waals surface area contributed by atoms with Crippen molar-refractivity contribution in [2.24, 2.45) is 5.41 Å². The first-order valence-electron chi connectivity index (χ1n) is 6.51. The molecule has 1 rings (SSSR count). The van der Waals surface area contributed by atoms with Crippen LogP contribution in [0.3, 0.4) is 0 Å². The minimum absolute atomic E-state index is 0.0206. The van der Waals surface area contributed by atoms with E-state index in [1.54, 1.807) is 34.6 Å². The van der Waals surface area contributed by atoms with Gasteiger partial charge in [-0.1, -0.05) is 27.4 Å². The zero-order valence-corrected chi connectivity index (χ0v) is 12.8. The van der Waals surface area contributed by atoms with Crippen LogP contribution in [0.5, 0.6) is 0 Å². The van der Waals surface area contributed by atoms with Crippen LogP contribution in [0.15, 0.2) is 12.8 Å². The number of nitrogens with zero attached hydrogens (tertiary/aromatic N) is 2. The molecule has 1 heterocycles. The van der Waals surface area contributed by atoms with Crippen LogP contribution >= 0.6 is 0 Å². The van der Waals surface area contributed by atoms with Crippen molar-refractivity contribution in [1.29, 1.82) is 0 Å². The number of anilines is 1. The summed E-state index contributed by atoms with van der Waals surface area (Å²) in [5, 5.41) is 6.46. The third-order valence-electron chi connectivity index (χ3n) is 2.87. The molecule has 0 saturated carbocycles. The highest BCUT2D eigenvalue weighted by Crippen LogP contribution is 2.37. The lowest BCUT2D eigenvalue weighted by Gasteiger charge is -2.21. The fraction of sp³-hybridized carbons (Fsp3) is 0.571. The largest absolute Gasteiger partial charge is 0.416 e. The molecule has 0 bridgehead atoms. The predicted octanol–water partition coefficient (Wildman–Crippen LogP) is 4.02. The molecule has 0 aliphatic rings. The van der Waals surface area contributed by atoms with Gasteiger partial charge < -0.3 is 5.32 Å². The van der Waals surface area contributed by atoms with Gasteiger partial charge in [0.1, 0.15) is 5.82 Å². The predicted molar refractivity (Wildman–Crippen MR) is 75.8 cm³/mol. The van der Waals surface area contributed by atoms with Crippen LogP contribution in [0, 0.1) is 5.41 Å². The Hall–Kier alpha value is -1.79. The number of hydrogen-bond donors (Lipinski definition) is 1. The van der Waals surface area contributed by atoms with Gasteiger partial charge in [0, 0.05) is 17.0 Å². The molecule has 0 atom stereocenters. The minimum atomic E-state index is -4.58. The maximum Gasteiger partial charge on any atom is 0.416 e. The maximum atomic E-state index is 12.8. The first-order valence-corrected chi connectivity index (χ1v) is 6.51. The van der Waals surface area contributed by atoms with E-state index >= 15 is 0 Å². The van der Waals surface area contributed by atoms with E-state index in [9.17, 15) is 18.0 Å². The van der Waals surface area contributed by atoms with Gasteiger partial charge in [-0.2, -0.15) is 18.3 Å². The first-order chi connectivity index (χ1) is 9.35. The van der Waals surface area contributed by atoms with Gasteiger partial charge in [-0.3, -0.25) is 4.79 Å². The van der Waals surface area contributed by atoms with Gasteiger partial charge in [-0.25, -0.2) is 4.68 Å². The molecule has 0 aromatic carbocycles. The maximum absolute atomic E-state index is 12.8. The highest BCUT2D eigenvalue weighted by molar-refractivity contribution is 5.96. The fourth-order valence-corrected chi connectivity index (χ4v) is 1.55. The van der Waals surface area contributed by atoms with Crippen molar-refractivity contribution >= 4 is 17.3 Å². The number of allylic oxidation sites excluding steroid dienone is 1. The number of alkyl halides is 3. The van der Waals surface area contributed by atoms with Crippen LogP contribution in [0.4, 0.5) is 19.0 Å². The molecule has 21 heavy (non-hydrogen) atoms. The first kappa shape index (κ1) is 17.3. The Morgan fingerprint density at radius 1 is 1.33 bits per heavy atom. The smallest absolute Gasteiger partial charge is 0.310 e. The molecule has 0 aliphatic carbocycles. The van der Waals surface area contributed by atoms with E-state index in [2.05, 4.69) is 17.0 Å². The Bertz CT molecular complexity index is 551. The Morgan fingerprint density at radius 2 is 1.86 bits per heavy atom. The summed E-state index contributed by atoms with van der Waals surface area (Å²) in [6.45, 7) is 11.6. The summed E-state index contributed by atoms with van der Waals surface area (Å²) in [4.78, 5) is 12.1. The highest BCUT2D eigenvalue weighted by Gasteiger charge is 2.36. The van der Waals surface area contributed by atoms with Gasteiger partial charge in [0.15, 0.2) is 0 Å². The van der Waals surface area contributed by atoms with Crippen LogP contribution in [-0.2, 0) is 4.79 Å². The van der Waals surface area contributed by atoms with Gasteiger partial charge in [0.05, 0.1) is 11.8 Å². The number of amides is 1. The zero-order chi connectivity index (χ0) is 16.6. The molecule has 0 unspecified atom stereocenters. The van der Waals surface area contributed by atoms with Crippen molar-refractivity contribution in [3.05, 3.63) is 18.3 Å². The van der Waals surface area contributed by atoms with Crippen molar-refractivity contribution in [1.82, 2.24) is 9.78 Å². The van der Waals surface area contributed by atoms with Crippen LogP contribution in [-0.4, -0.2) is 21.9 Å². The van der Waals surface area contributed by atoms with E-state index in [4.69, 9.17) is 0 Å². The summed E-state index contributed by atoms with van der Waals surface area (Å²) in [6, 6.07) is -0.199. The second-order valence-electron chi connectivity index (χ2n) is 6.13. The number of halogens is 3. The normalized spacial score (nSPS) is 12.6. The number of hydrogen-bond acceptors (Lipinski definition) is 2. The molecule has 0 fully saturated rings. The number of rotatable bonds is 3. The molecule has 7 heteroatoms. The van der Waals surface area contributed by atoms with E-state index in [1.165, 1.54) is 4.68 Å². The SMILES string of the molecule is C=C(c1cnn(C(C)C)c1NC(=O)C(C)(C)C)C(F)(F)F. The molecule has 4 nitrogen and oxygen atoms in total. The molecular formula is C14H20F3N3O. The Kier molecular flexibility index (Phi) is 4.55. The van der Waals surface area contributed by atoms with Gasteiger partial charge in [-0.15, -0.1) is 0 Å². The lowest BCUT2D eigenvalue weighted by atomic mass is 9.95. The number of nitrogens with one attached hydrogen (secondary N) is 1. The third-order valence-corrected chi connectivity index (χ3v) is 2.87. The van der Waals surface area contributed by atoms with Gasteiger partial charge in [0.2, 0.25) is 5.91 Å². The van der Waals surface area contributed by atoms with Gasteiger partial charge in [-0.05, 0) is 13.8 Å². The molecule has 0 radical (unpaired) electrons. The molecule has 118 valence electrons. The van der Waals surface area contributed by atoms with Crippen molar-refractivity contribution in [2.75, 3.05) is 5.32 Å². The summed E-state index contributed by atoms with van der Waals surface area (Å²) in [5.74, 6) is -0.367. The third kappa shape index (κ3) is 3.86. The van der Waals surface area contributed by atoms with Crippen molar-refractivity contribution in [2.45, 2.75) is 46.8 Å². The van der Waals surface area contributed by atoms with Crippen molar-refractivity contribution in [3.8, 4) is 0 Å². The fourth-order valence-electron chi connectivity index (χ4n) is 1.55. The molecule has 0 aliphatic heterocycles. The molecule has 1 aromatic heterocycles. The topological polar surface area (TPSA) is 46.9 Å². The minimum Gasteiger partial charge on any atom is -0.310 e. The lowest BCUT2D eigenvalue weighted by Crippen LogP contribution is -2.29. The molecule has 0 spiro atoms. The second kappa shape index (κ2) is 5.54. The van der Waals surface area contributed by atoms with E-state index < -0.39 is 17.2 Å². The number of aromatic nitrogens is 2. The zero-order valence-electron chi connectivity index (χ0n) is 12.8. The molecule has 1 aromatic rings. The van der Waals surface area contributed by atoms with E-state index in [0.717, 1.165) is 6.20 Å². The average Bonchev–Trinajstić information content (AvgIpc) is 2.69. The standard InChI is InChI=1S/C14H20F3N3O/c1-8(2)20-11(19-12(21)13(4,5)6)10(7-18-20)9(3)14(15,16)17/h7-8H,3H2,1-2,4-6H3,(H,19,21). The Morgan fingerprint density at radius 3 is 2.24 bits per heavy atom. The number of carbonyl (C=O) groups is 1. The van der Waals surface area contributed by atoms with Crippen LogP contribution in [0.2, 0.25) is 0 Å². The molecule has 1 amide bonds. The summed E-state index contributed by atoms with van der Waals surface area (Å²) < 4.78 is 39.9. The van der Waals surface area contributed by atoms with E-state index in [-0.39, 0.29) is 23.3 Å². The van der Waals surface area contributed by atoms with Crippen molar-refractivity contribution in [3.63, 3.8) is 0 Å². The van der Waals surface area contributed by atoms with E-state index in [1.807, 2.05) is 0 Å². The molecule has 0 saturated heterocycles. The van der Waals surface area contributed by atoms with E-state index in [0.29, 0.717) is 0 Å². The van der Waals surface area contributed by atoms with Crippen molar-refractivity contribution < 1.29 is 18.0 Å². The monoisotopic (exact) mass is 303 g/mol. The second-order valence-corrected chi connectivity index (χ2v) is 6.13. The molecular weight excluding hydrogens is 283 g/mol. The van der Waals surface area contributed by atoms with Gasteiger partial charge in [0.25, 0.3) is 0 Å². The lowest BCUT2D eigenvalue weighted by molar-refractivity contribution is -0.123. The summed E-state index contributed by atoms with van der Waals surface area (Å²) in [7, 11) is 0. The molecule has 1 N–H and O–H groups in total. The van der Waals surface area contributed by atoms with Gasteiger partial charge >= 0.3 is 6.18 Å². The Balaban J connectivity index is 3.30. The quantitative estimate of drug-likeness (QED) is 0.916. The average molecular weight is 303 g/mol. The Labute approximate surface area is 122 Å². The van der Waals surface area contributed by atoms with Crippen LogP contribution < -0.4 is 5.32 Å². The number of carbonyl (C=O) groups excluding carboxylic acids is 1. The summed E-state index contributed by atoms with van der Waals surface area (Å²) in [5.41, 5.74) is -1.98. The highest BCUT2D eigenvalue weighted by atomic mass is 19.4. The summed E-state index contributed by atoms with van der Waals surface area (Å²) in [6.07, 6.45) is -3.50. The summed E-state index contributed by atoms with van der Waals surface area (Å²) >= 11 is 0. The van der Waals surface area contributed by atoms with Crippen LogP contribution in [0.1, 0.15) is 46.2 Å².